The van der Waals surface area contributed by atoms with Crippen molar-refractivity contribution in [1.29, 1.82) is 0 Å². The van der Waals surface area contributed by atoms with Crippen LogP contribution in [0.5, 0.6) is 0 Å². The summed E-state index contributed by atoms with van der Waals surface area (Å²) in [7, 11) is 0. The van der Waals surface area contributed by atoms with Crippen LogP contribution in [0.2, 0.25) is 0 Å². The van der Waals surface area contributed by atoms with Crippen molar-refractivity contribution >= 4 is 17.7 Å². The Morgan fingerprint density at radius 2 is 2.00 bits per heavy atom. The predicted molar refractivity (Wildman–Crippen MR) is 67.1 cm³/mol. The SMILES string of the molecule is O=C(O)c1ccnc(SCc2ccc(F)c(F)c2)c1. The third kappa shape index (κ3) is 3.51. The van der Waals surface area contributed by atoms with Crippen LogP contribution in [0.4, 0.5) is 8.78 Å². The summed E-state index contributed by atoms with van der Waals surface area (Å²) in [4.78, 5) is 14.8. The van der Waals surface area contributed by atoms with Gasteiger partial charge in [-0.1, -0.05) is 6.07 Å². The van der Waals surface area contributed by atoms with Gasteiger partial charge in [-0.3, -0.25) is 0 Å². The Kier molecular flexibility index (Phi) is 4.11. The monoisotopic (exact) mass is 281 g/mol. The highest BCUT2D eigenvalue weighted by Crippen LogP contribution is 2.22. The van der Waals surface area contributed by atoms with E-state index in [1.807, 2.05) is 0 Å². The summed E-state index contributed by atoms with van der Waals surface area (Å²) in [5, 5.41) is 9.35. The highest BCUT2D eigenvalue weighted by atomic mass is 32.2. The average Bonchev–Trinajstić information content (AvgIpc) is 2.40. The minimum absolute atomic E-state index is 0.141. The Morgan fingerprint density at radius 1 is 1.21 bits per heavy atom. The third-order valence-corrected chi connectivity index (χ3v) is 3.35. The van der Waals surface area contributed by atoms with E-state index in [1.165, 1.54) is 36.2 Å². The van der Waals surface area contributed by atoms with Gasteiger partial charge in [-0.25, -0.2) is 18.6 Å². The van der Waals surface area contributed by atoms with Gasteiger partial charge < -0.3 is 5.11 Å². The molecule has 0 atom stereocenters. The van der Waals surface area contributed by atoms with Crippen molar-refractivity contribution < 1.29 is 18.7 Å². The average molecular weight is 281 g/mol. The summed E-state index contributed by atoms with van der Waals surface area (Å²) in [6, 6.07) is 6.49. The summed E-state index contributed by atoms with van der Waals surface area (Å²) in [5.41, 5.74) is 0.745. The number of rotatable bonds is 4. The molecule has 0 bridgehead atoms. The molecule has 0 unspecified atom stereocenters. The van der Waals surface area contributed by atoms with E-state index < -0.39 is 17.6 Å². The molecule has 3 nitrogen and oxygen atoms in total. The van der Waals surface area contributed by atoms with E-state index >= 15 is 0 Å². The molecule has 1 N–H and O–H groups in total. The maximum absolute atomic E-state index is 13.0. The molecule has 1 aromatic carbocycles. The van der Waals surface area contributed by atoms with Gasteiger partial charge in [0.15, 0.2) is 11.6 Å². The topological polar surface area (TPSA) is 50.2 Å². The molecular weight excluding hydrogens is 272 g/mol. The summed E-state index contributed by atoms with van der Waals surface area (Å²) in [6.45, 7) is 0. The second-order valence-corrected chi connectivity index (χ2v) is 4.72. The zero-order chi connectivity index (χ0) is 13.8. The van der Waals surface area contributed by atoms with Crippen LogP contribution in [0.25, 0.3) is 0 Å². The first-order chi connectivity index (χ1) is 9.06. The molecule has 0 amide bonds. The van der Waals surface area contributed by atoms with Crippen LogP contribution >= 0.6 is 11.8 Å². The number of pyridine rings is 1. The normalized spacial score (nSPS) is 10.4. The first-order valence-corrected chi connectivity index (χ1v) is 6.31. The molecule has 0 radical (unpaired) electrons. The van der Waals surface area contributed by atoms with E-state index in [4.69, 9.17) is 5.11 Å². The maximum Gasteiger partial charge on any atom is 0.335 e. The van der Waals surface area contributed by atoms with Crippen molar-refractivity contribution in [2.45, 2.75) is 10.8 Å². The highest BCUT2D eigenvalue weighted by Gasteiger charge is 2.06. The van der Waals surface area contributed by atoms with Crippen LogP contribution in [0.15, 0.2) is 41.6 Å². The van der Waals surface area contributed by atoms with E-state index in [0.29, 0.717) is 16.3 Å². The first kappa shape index (κ1) is 13.5. The van der Waals surface area contributed by atoms with Crippen LogP contribution in [0.1, 0.15) is 15.9 Å². The Morgan fingerprint density at radius 3 is 2.68 bits per heavy atom. The summed E-state index contributed by atoms with van der Waals surface area (Å²) in [5.74, 6) is -2.44. The van der Waals surface area contributed by atoms with E-state index in [1.54, 1.807) is 0 Å². The summed E-state index contributed by atoms with van der Waals surface area (Å²) >= 11 is 1.26. The first-order valence-electron chi connectivity index (χ1n) is 5.32. The molecule has 6 heteroatoms. The molecule has 0 aliphatic heterocycles. The van der Waals surface area contributed by atoms with Crippen LogP contribution in [-0.4, -0.2) is 16.1 Å². The molecule has 0 saturated heterocycles. The molecule has 2 rings (SSSR count). The Labute approximate surface area is 112 Å². The molecule has 0 fully saturated rings. The van der Waals surface area contributed by atoms with Crippen molar-refractivity contribution in [3.8, 4) is 0 Å². The van der Waals surface area contributed by atoms with Gasteiger partial charge in [-0.05, 0) is 29.8 Å². The minimum Gasteiger partial charge on any atom is -0.478 e. The molecule has 0 aliphatic carbocycles. The number of hydrogen-bond acceptors (Lipinski definition) is 3. The lowest BCUT2D eigenvalue weighted by Gasteiger charge is -2.03. The number of carbonyl (C=O) groups is 1. The number of nitrogens with zero attached hydrogens (tertiary/aromatic N) is 1. The summed E-state index contributed by atoms with van der Waals surface area (Å²) < 4.78 is 25.7. The molecule has 0 aliphatic rings. The Bertz CT molecular complexity index is 619. The lowest BCUT2D eigenvalue weighted by atomic mass is 10.2. The molecular formula is C13H9F2NO2S. The highest BCUT2D eigenvalue weighted by molar-refractivity contribution is 7.98. The van der Waals surface area contributed by atoms with Gasteiger partial charge in [0.2, 0.25) is 0 Å². The number of hydrogen-bond donors (Lipinski definition) is 1. The lowest BCUT2D eigenvalue weighted by molar-refractivity contribution is 0.0696. The van der Waals surface area contributed by atoms with Crippen LogP contribution in [0, 0.1) is 11.6 Å². The van der Waals surface area contributed by atoms with Gasteiger partial charge >= 0.3 is 5.97 Å². The van der Waals surface area contributed by atoms with Gasteiger partial charge in [-0.15, -0.1) is 11.8 Å². The van der Waals surface area contributed by atoms with Gasteiger partial charge in [0.05, 0.1) is 10.6 Å². The fourth-order valence-corrected chi connectivity index (χ4v) is 2.25. The molecule has 1 heterocycles. The number of aromatic nitrogens is 1. The number of aromatic carboxylic acids is 1. The second-order valence-electron chi connectivity index (χ2n) is 3.73. The van der Waals surface area contributed by atoms with Crippen LogP contribution < -0.4 is 0 Å². The number of benzene rings is 1. The van der Waals surface area contributed by atoms with Crippen molar-refractivity contribution in [2.24, 2.45) is 0 Å². The second kappa shape index (κ2) is 5.79. The third-order valence-electron chi connectivity index (χ3n) is 2.35. The van der Waals surface area contributed by atoms with Gasteiger partial charge in [0, 0.05) is 11.9 Å². The molecule has 0 saturated carbocycles. The van der Waals surface area contributed by atoms with Gasteiger partial charge in [0.25, 0.3) is 0 Å². The smallest absolute Gasteiger partial charge is 0.335 e. The Hall–Kier alpha value is -1.95. The fraction of sp³-hybridized carbons (Fsp3) is 0.0769. The predicted octanol–water partition coefficient (Wildman–Crippen LogP) is 3.35. The van der Waals surface area contributed by atoms with Crippen molar-refractivity contribution in [2.75, 3.05) is 0 Å². The number of carboxylic acid groups (broad SMARTS) is 1. The van der Waals surface area contributed by atoms with Gasteiger partial charge in [0.1, 0.15) is 0 Å². The zero-order valence-electron chi connectivity index (χ0n) is 9.64. The van der Waals surface area contributed by atoms with Crippen LogP contribution in [0.3, 0.4) is 0 Å². The lowest BCUT2D eigenvalue weighted by Crippen LogP contribution is -1.96. The largest absolute Gasteiger partial charge is 0.478 e. The zero-order valence-corrected chi connectivity index (χ0v) is 10.5. The number of carboxylic acids is 1. The van der Waals surface area contributed by atoms with Crippen LogP contribution in [-0.2, 0) is 5.75 Å². The molecule has 98 valence electrons. The van der Waals surface area contributed by atoms with E-state index in [2.05, 4.69) is 4.98 Å². The fourth-order valence-electron chi connectivity index (χ4n) is 1.41. The van der Waals surface area contributed by atoms with E-state index in [0.717, 1.165) is 12.1 Å². The molecule has 0 spiro atoms. The minimum atomic E-state index is -1.03. The van der Waals surface area contributed by atoms with Gasteiger partial charge in [-0.2, -0.15) is 0 Å². The quantitative estimate of drug-likeness (QED) is 0.873. The van der Waals surface area contributed by atoms with E-state index in [-0.39, 0.29) is 5.56 Å². The number of thioether (sulfide) groups is 1. The van der Waals surface area contributed by atoms with Crippen molar-refractivity contribution in [3.63, 3.8) is 0 Å². The molecule has 2 aromatic rings. The van der Waals surface area contributed by atoms with Crippen molar-refractivity contribution in [1.82, 2.24) is 4.98 Å². The van der Waals surface area contributed by atoms with E-state index in [9.17, 15) is 13.6 Å². The standard InChI is InChI=1S/C13H9F2NO2S/c14-10-2-1-8(5-11(10)15)7-19-12-6-9(13(17)18)3-4-16-12/h1-6H,7H2,(H,17,18). The number of halogens is 2. The van der Waals surface area contributed by atoms with Crippen molar-refractivity contribution in [3.05, 3.63) is 59.3 Å². The summed E-state index contributed by atoms with van der Waals surface area (Å²) in [6.07, 6.45) is 1.40. The molecule has 1 aromatic heterocycles. The Balaban J connectivity index is 2.07. The molecule has 19 heavy (non-hydrogen) atoms. The maximum atomic E-state index is 13.0.